The van der Waals surface area contributed by atoms with E-state index in [9.17, 15) is 0 Å². The Morgan fingerprint density at radius 3 is 3.00 bits per heavy atom. The highest BCUT2D eigenvalue weighted by Gasteiger charge is 2.07. The fourth-order valence-corrected chi connectivity index (χ4v) is 2.42. The maximum Gasteiger partial charge on any atom is 0.132 e. The van der Waals surface area contributed by atoms with Crippen LogP contribution in [-0.2, 0) is 6.54 Å². The molecule has 0 saturated heterocycles. The Bertz CT molecular complexity index is 545. The zero-order valence-electron chi connectivity index (χ0n) is 9.22. The van der Waals surface area contributed by atoms with Crippen molar-refractivity contribution in [2.24, 2.45) is 0 Å². The molecule has 2 aromatic rings. The summed E-state index contributed by atoms with van der Waals surface area (Å²) in [4.78, 5) is 7.42. The molecule has 0 saturated carbocycles. The summed E-state index contributed by atoms with van der Waals surface area (Å²) in [5, 5.41) is 11.3. The molecule has 17 heavy (non-hydrogen) atoms. The van der Waals surface area contributed by atoms with E-state index in [2.05, 4.69) is 17.1 Å². The Morgan fingerprint density at radius 2 is 2.35 bits per heavy atom. The van der Waals surface area contributed by atoms with Crippen molar-refractivity contribution in [1.29, 1.82) is 5.26 Å². The Kier molecular flexibility index (Phi) is 3.62. The molecule has 0 amide bonds. The van der Waals surface area contributed by atoms with Crippen LogP contribution in [0.1, 0.15) is 10.4 Å². The lowest BCUT2D eigenvalue weighted by Crippen LogP contribution is -2.17. The first kappa shape index (κ1) is 11.9. The predicted molar refractivity (Wildman–Crippen MR) is 70.4 cm³/mol. The monoisotopic (exact) mass is 263 g/mol. The lowest BCUT2D eigenvalue weighted by atomic mass is 10.3. The van der Waals surface area contributed by atoms with Crippen molar-refractivity contribution < 1.29 is 0 Å². The van der Waals surface area contributed by atoms with Gasteiger partial charge in [-0.15, -0.1) is 11.3 Å². The van der Waals surface area contributed by atoms with Crippen LogP contribution in [0.25, 0.3) is 0 Å². The van der Waals surface area contributed by atoms with Crippen LogP contribution < -0.4 is 4.90 Å². The third-order valence-electron chi connectivity index (χ3n) is 2.27. The van der Waals surface area contributed by atoms with Gasteiger partial charge in [0.05, 0.1) is 18.2 Å². The van der Waals surface area contributed by atoms with Gasteiger partial charge in [0.15, 0.2) is 0 Å². The van der Waals surface area contributed by atoms with E-state index >= 15 is 0 Å². The number of hydrogen-bond acceptors (Lipinski definition) is 4. The number of pyridine rings is 1. The molecule has 0 aliphatic carbocycles. The van der Waals surface area contributed by atoms with Gasteiger partial charge in [-0.25, -0.2) is 4.98 Å². The van der Waals surface area contributed by atoms with Crippen LogP contribution in [0.4, 0.5) is 5.82 Å². The smallest absolute Gasteiger partial charge is 0.132 e. The van der Waals surface area contributed by atoms with Crippen LogP contribution in [0.5, 0.6) is 0 Å². The quantitative estimate of drug-likeness (QED) is 0.798. The molecule has 0 aromatic carbocycles. The van der Waals surface area contributed by atoms with Gasteiger partial charge in [-0.1, -0.05) is 17.7 Å². The summed E-state index contributed by atoms with van der Waals surface area (Å²) in [6.07, 6.45) is 0. The number of anilines is 1. The molecule has 0 radical (unpaired) electrons. The van der Waals surface area contributed by atoms with Gasteiger partial charge in [0.1, 0.15) is 11.0 Å². The Morgan fingerprint density at radius 1 is 1.53 bits per heavy atom. The Balaban J connectivity index is 2.22. The van der Waals surface area contributed by atoms with Gasteiger partial charge in [-0.3, -0.25) is 0 Å². The van der Waals surface area contributed by atoms with Crippen LogP contribution in [0.2, 0.25) is 5.15 Å². The van der Waals surface area contributed by atoms with E-state index in [1.165, 1.54) is 4.88 Å². The van der Waals surface area contributed by atoms with Crippen LogP contribution in [0, 0.1) is 11.3 Å². The normalized spacial score (nSPS) is 9.94. The van der Waals surface area contributed by atoms with Gasteiger partial charge in [-0.05, 0) is 23.6 Å². The molecular weight excluding hydrogens is 254 g/mol. The number of thiophene rings is 1. The maximum atomic E-state index is 8.87. The van der Waals surface area contributed by atoms with Crippen molar-refractivity contribution in [3.05, 3.63) is 45.2 Å². The number of halogens is 1. The molecule has 0 unspecified atom stereocenters. The van der Waals surface area contributed by atoms with E-state index in [0.717, 1.165) is 6.54 Å². The molecule has 0 N–H and O–H groups in total. The molecule has 0 aliphatic rings. The maximum absolute atomic E-state index is 8.87. The Hall–Kier alpha value is -1.57. The summed E-state index contributed by atoms with van der Waals surface area (Å²) in [6.45, 7) is 0.760. The first-order chi connectivity index (χ1) is 8.19. The second-order valence-corrected chi connectivity index (χ2v) is 5.00. The van der Waals surface area contributed by atoms with Crippen molar-refractivity contribution in [3.63, 3.8) is 0 Å². The lowest BCUT2D eigenvalue weighted by Gasteiger charge is -2.17. The summed E-state index contributed by atoms with van der Waals surface area (Å²) in [7, 11) is 1.93. The molecule has 3 nitrogen and oxygen atoms in total. The van der Waals surface area contributed by atoms with Gasteiger partial charge in [-0.2, -0.15) is 5.26 Å². The van der Waals surface area contributed by atoms with E-state index in [4.69, 9.17) is 16.9 Å². The number of aromatic nitrogens is 1. The first-order valence-corrected chi connectivity index (χ1v) is 6.26. The minimum Gasteiger partial charge on any atom is -0.354 e. The zero-order valence-corrected chi connectivity index (χ0v) is 10.8. The van der Waals surface area contributed by atoms with Crippen molar-refractivity contribution in [2.45, 2.75) is 6.54 Å². The van der Waals surface area contributed by atoms with E-state index in [1.54, 1.807) is 23.5 Å². The number of hydrogen-bond donors (Lipinski definition) is 0. The molecule has 0 bridgehead atoms. The average molecular weight is 264 g/mol. The molecule has 0 spiro atoms. The van der Waals surface area contributed by atoms with Crippen LogP contribution >= 0.6 is 22.9 Å². The molecule has 2 aromatic heterocycles. The van der Waals surface area contributed by atoms with Crippen LogP contribution in [-0.4, -0.2) is 12.0 Å². The third kappa shape index (κ3) is 2.96. The molecule has 86 valence electrons. The molecule has 0 atom stereocenters. The van der Waals surface area contributed by atoms with E-state index in [-0.39, 0.29) is 0 Å². The highest BCUT2D eigenvalue weighted by Crippen LogP contribution is 2.19. The molecular formula is C12H10ClN3S. The van der Waals surface area contributed by atoms with Crippen molar-refractivity contribution in [2.75, 3.05) is 11.9 Å². The summed E-state index contributed by atoms with van der Waals surface area (Å²) in [5.41, 5.74) is 0.526. The number of rotatable bonds is 3. The highest BCUT2D eigenvalue weighted by atomic mass is 35.5. The van der Waals surface area contributed by atoms with Crippen LogP contribution in [0.3, 0.4) is 0 Å². The van der Waals surface area contributed by atoms with E-state index in [1.807, 2.05) is 23.4 Å². The first-order valence-electron chi connectivity index (χ1n) is 5.00. The van der Waals surface area contributed by atoms with E-state index < -0.39 is 0 Å². The minimum absolute atomic E-state index is 0.345. The van der Waals surface area contributed by atoms with Crippen molar-refractivity contribution in [1.82, 2.24) is 4.98 Å². The zero-order chi connectivity index (χ0) is 12.3. The lowest BCUT2D eigenvalue weighted by molar-refractivity contribution is 0.912. The summed E-state index contributed by atoms with van der Waals surface area (Å²) in [6, 6.07) is 9.45. The second-order valence-electron chi connectivity index (χ2n) is 3.58. The van der Waals surface area contributed by atoms with Crippen molar-refractivity contribution >= 4 is 28.8 Å². The molecule has 5 heteroatoms. The van der Waals surface area contributed by atoms with Gasteiger partial charge in [0, 0.05) is 11.9 Å². The molecule has 2 rings (SSSR count). The summed E-state index contributed by atoms with van der Waals surface area (Å²) in [5.74, 6) is 0.711. The second kappa shape index (κ2) is 5.17. The topological polar surface area (TPSA) is 39.9 Å². The molecule has 0 aliphatic heterocycles. The van der Waals surface area contributed by atoms with Crippen molar-refractivity contribution in [3.8, 4) is 6.07 Å². The third-order valence-corrected chi connectivity index (χ3v) is 3.33. The standard InChI is InChI=1S/C12H10ClN3S/c1-16(8-10-3-2-4-17-10)12-6-9(7-14)5-11(13)15-12/h2-6H,8H2,1H3. The molecule has 0 fully saturated rings. The van der Waals surface area contributed by atoms with Crippen LogP contribution in [0.15, 0.2) is 29.6 Å². The predicted octanol–water partition coefficient (Wildman–Crippen LogP) is 3.30. The van der Waals surface area contributed by atoms with Gasteiger partial charge < -0.3 is 4.90 Å². The number of nitriles is 1. The molecule has 2 heterocycles. The van der Waals surface area contributed by atoms with E-state index in [0.29, 0.717) is 16.5 Å². The number of nitrogens with zero attached hydrogens (tertiary/aromatic N) is 3. The summed E-state index contributed by atoms with van der Waals surface area (Å²) < 4.78 is 0. The largest absolute Gasteiger partial charge is 0.354 e. The fourth-order valence-electron chi connectivity index (χ4n) is 1.46. The fraction of sp³-hybridized carbons (Fsp3) is 0.167. The highest BCUT2D eigenvalue weighted by molar-refractivity contribution is 7.09. The minimum atomic E-state index is 0.345. The average Bonchev–Trinajstić information content (AvgIpc) is 2.81. The Labute approximate surface area is 109 Å². The van der Waals surface area contributed by atoms with Gasteiger partial charge in [0.2, 0.25) is 0 Å². The van der Waals surface area contributed by atoms with Gasteiger partial charge in [0.25, 0.3) is 0 Å². The van der Waals surface area contributed by atoms with Gasteiger partial charge >= 0.3 is 0 Å². The summed E-state index contributed by atoms with van der Waals surface area (Å²) >= 11 is 7.56. The SMILES string of the molecule is CN(Cc1cccs1)c1cc(C#N)cc(Cl)n1.